The highest BCUT2D eigenvalue weighted by atomic mass is 35.5. The number of para-hydroxylation sites is 1. The SMILES string of the molecule is CC(c1c[nH]c2ccccc12)C(NCc1ccccc1Cl)C(=O)N1C[C@@H](CN(C)C)Cc2cc(Cl)ccc21. The average Bonchev–Trinajstić information content (AvgIpc) is 3.32. The van der Waals surface area contributed by atoms with Crippen molar-refractivity contribution in [2.24, 2.45) is 5.92 Å². The second-order valence-corrected chi connectivity index (χ2v) is 11.4. The Morgan fingerprint density at radius 3 is 2.66 bits per heavy atom. The minimum atomic E-state index is -0.466. The number of hydrogen-bond donors (Lipinski definition) is 2. The maximum Gasteiger partial charge on any atom is 0.244 e. The molecule has 3 aromatic carbocycles. The number of halogens is 2. The van der Waals surface area contributed by atoms with Crippen molar-refractivity contribution < 1.29 is 4.79 Å². The third-order valence-electron chi connectivity index (χ3n) is 7.52. The van der Waals surface area contributed by atoms with E-state index in [1.165, 1.54) is 0 Å². The third kappa shape index (κ3) is 5.62. The van der Waals surface area contributed by atoms with Crippen LogP contribution in [0, 0.1) is 5.92 Å². The predicted molar refractivity (Wildman–Crippen MR) is 158 cm³/mol. The topological polar surface area (TPSA) is 51.4 Å². The van der Waals surface area contributed by atoms with Crippen LogP contribution in [0.5, 0.6) is 0 Å². The fourth-order valence-corrected chi connectivity index (χ4v) is 6.12. The summed E-state index contributed by atoms with van der Waals surface area (Å²) < 4.78 is 0. The summed E-state index contributed by atoms with van der Waals surface area (Å²) in [5.41, 5.74) is 5.22. The lowest BCUT2D eigenvalue weighted by Crippen LogP contribution is -2.52. The number of anilines is 1. The van der Waals surface area contributed by atoms with Crippen LogP contribution in [-0.4, -0.2) is 49.0 Å². The Balaban J connectivity index is 1.52. The molecule has 7 heteroatoms. The van der Waals surface area contributed by atoms with Crippen LogP contribution in [0.1, 0.15) is 29.5 Å². The number of rotatable bonds is 8. The monoisotopic (exact) mass is 548 g/mol. The van der Waals surface area contributed by atoms with Gasteiger partial charge >= 0.3 is 0 Å². The number of hydrogen-bond acceptors (Lipinski definition) is 3. The summed E-state index contributed by atoms with van der Waals surface area (Å²) in [6.45, 7) is 4.18. The fourth-order valence-electron chi connectivity index (χ4n) is 5.72. The number of nitrogens with one attached hydrogen (secondary N) is 2. The molecule has 1 aliphatic rings. The van der Waals surface area contributed by atoms with Crippen molar-refractivity contribution in [3.63, 3.8) is 0 Å². The van der Waals surface area contributed by atoms with Gasteiger partial charge in [-0.3, -0.25) is 4.79 Å². The molecular weight excluding hydrogens is 515 g/mol. The Bertz CT molecular complexity index is 1430. The molecule has 0 saturated heterocycles. The average molecular weight is 550 g/mol. The number of aromatic nitrogens is 1. The van der Waals surface area contributed by atoms with E-state index in [4.69, 9.17) is 23.2 Å². The van der Waals surface area contributed by atoms with Gasteiger partial charge in [0.25, 0.3) is 0 Å². The van der Waals surface area contributed by atoms with Crippen LogP contribution in [0.2, 0.25) is 10.0 Å². The van der Waals surface area contributed by atoms with E-state index < -0.39 is 6.04 Å². The molecule has 198 valence electrons. The molecule has 2 heterocycles. The van der Waals surface area contributed by atoms with Crippen molar-refractivity contribution >= 4 is 45.7 Å². The minimum absolute atomic E-state index is 0.0573. The molecule has 5 rings (SSSR count). The molecule has 0 saturated carbocycles. The van der Waals surface area contributed by atoms with E-state index in [2.05, 4.69) is 48.4 Å². The Morgan fingerprint density at radius 2 is 1.87 bits per heavy atom. The van der Waals surface area contributed by atoms with Crippen LogP contribution in [0.15, 0.2) is 72.9 Å². The van der Waals surface area contributed by atoms with Crippen molar-refractivity contribution in [1.29, 1.82) is 0 Å². The standard InChI is InChI=1S/C31H34Cl2N4O/c1-20(26-17-34-28-11-7-5-9-25(26)28)30(35-16-22-8-4-6-10-27(22)33)31(38)37-19-21(18-36(2)3)14-23-15-24(32)12-13-29(23)37/h4-13,15,17,20-21,30,34-35H,14,16,18-19H2,1-3H3/t20?,21-,30?/m1/s1. The third-order valence-corrected chi connectivity index (χ3v) is 8.12. The molecule has 0 bridgehead atoms. The molecule has 0 radical (unpaired) electrons. The van der Waals surface area contributed by atoms with Gasteiger partial charge in [-0.05, 0) is 73.5 Å². The van der Waals surface area contributed by atoms with Crippen molar-refractivity contribution in [2.75, 3.05) is 32.1 Å². The molecule has 3 atom stereocenters. The zero-order valence-electron chi connectivity index (χ0n) is 22.0. The molecule has 1 aliphatic heterocycles. The van der Waals surface area contributed by atoms with Crippen LogP contribution in [0.25, 0.3) is 10.9 Å². The maximum atomic E-state index is 14.5. The predicted octanol–water partition coefficient (Wildman–Crippen LogP) is 6.50. The number of aromatic amines is 1. The van der Waals surface area contributed by atoms with Gasteiger partial charge in [-0.15, -0.1) is 0 Å². The summed E-state index contributed by atoms with van der Waals surface area (Å²) in [6.07, 6.45) is 2.93. The lowest BCUT2D eigenvalue weighted by atomic mass is 9.88. The van der Waals surface area contributed by atoms with Crippen LogP contribution >= 0.6 is 23.2 Å². The van der Waals surface area contributed by atoms with E-state index in [-0.39, 0.29) is 11.8 Å². The van der Waals surface area contributed by atoms with Gasteiger partial charge < -0.3 is 20.1 Å². The Labute approximate surface area is 234 Å². The molecular formula is C31H34Cl2N4O. The number of benzene rings is 3. The molecule has 4 aromatic rings. The van der Waals surface area contributed by atoms with Gasteiger partial charge in [0.05, 0.1) is 6.04 Å². The van der Waals surface area contributed by atoms with Crippen LogP contribution < -0.4 is 10.2 Å². The highest BCUT2D eigenvalue weighted by Crippen LogP contribution is 2.35. The zero-order chi connectivity index (χ0) is 26.8. The molecule has 2 N–H and O–H groups in total. The second-order valence-electron chi connectivity index (χ2n) is 10.6. The Kier molecular flexibility index (Phi) is 8.10. The molecule has 0 fully saturated rings. The van der Waals surface area contributed by atoms with Crippen molar-refractivity contribution in [3.8, 4) is 0 Å². The van der Waals surface area contributed by atoms with Crippen molar-refractivity contribution in [2.45, 2.75) is 31.8 Å². The number of carbonyl (C=O) groups is 1. The smallest absolute Gasteiger partial charge is 0.244 e. The van der Waals surface area contributed by atoms with Gasteiger partial charge in [0.15, 0.2) is 0 Å². The molecule has 38 heavy (non-hydrogen) atoms. The molecule has 2 unspecified atom stereocenters. The van der Waals surface area contributed by atoms with Crippen molar-refractivity contribution in [3.05, 3.63) is 99.7 Å². The molecule has 1 amide bonds. The number of amides is 1. The minimum Gasteiger partial charge on any atom is -0.361 e. The number of fused-ring (bicyclic) bond motifs is 2. The number of nitrogens with zero attached hydrogens (tertiary/aromatic N) is 2. The highest BCUT2D eigenvalue weighted by molar-refractivity contribution is 6.31. The van der Waals surface area contributed by atoms with Crippen molar-refractivity contribution in [1.82, 2.24) is 15.2 Å². The fraction of sp³-hybridized carbons (Fsp3) is 0.323. The van der Waals surface area contributed by atoms with E-state index in [0.717, 1.165) is 46.2 Å². The van der Waals surface area contributed by atoms with Gasteiger partial charge in [0, 0.05) is 58.4 Å². The van der Waals surface area contributed by atoms with Gasteiger partial charge in [0.2, 0.25) is 5.91 Å². The van der Waals surface area contributed by atoms with E-state index in [0.29, 0.717) is 29.1 Å². The lowest BCUT2D eigenvalue weighted by molar-refractivity contribution is -0.121. The van der Waals surface area contributed by atoms with Crippen LogP contribution in [0.3, 0.4) is 0 Å². The molecule has 1 aromatic heterocycles. The Hall–Kier alpha value is -2.83. The van der Waals surface area contributed by atoms with Gasteiger partial charge in [0.1, 0.15) is 0 Å². The summed E-state index contributed by atoms with van der Waals surface area (Å²) in [6, 6.07) is 21.4. The van der Waals surface area contributed by atoms with Crippen LogP contribution in [0.4, 0.5) is 5.69 Å². The largest absolute Gasteiger partial charge is 0.361 e. The zero-order valence-corrected chi connectivity index (χ0v) is 23.6. The highest BCUT2D eigenvalue weighted by Gasteiger charge is 2.36. The van der Waals surface area contributed by atoms with Gasteiger partial charge in [-0.2, -0.15) is 0 Å². The van der Waals surface area contributed by atoms with E-state index in [9.17, 15) is 4.79 Å². The normalized spacial score (nSPS) is 17.0. The van der Waals surface area contributed by atoms with E-state index in [1.807, 2.05) is 65.7 Å². The summed E-state index contributed by atoms with van der Waals surface area (Å²) in [7, 11) is 4.15. The summed E-state index contributed by atoms with van der Waals surface area (Å²) >= 11 is 12.9. The first-order valence-electron chi connectivity index (χ1n) is 13.1. The second kappa shape index (κ2) is 11.5. The molecule has 0 aliphatic carbocycles. The summed E-state index contributed by atoms with van der Waals surface area (Å²) in [4.78, 5) is 22.1. The van der Waals surface area contributed by atoms with Gasteiger partial charge in [-0.1, -0.05) is 66.5 Å². The molecule has 5 nitrogen and oxygen atoms in total. The quantitative estimate of drug-likeness (QED) is 0.264. The number of H-pyrrole nitrogens is 1. The van der Waals surface area contributed by atoms with E-state index in [1.54, 1.807) is 0 Å². The van der Waals surface area contributed by atoms with E-state index >= 15 is 0 Å². The van der Waals surface area contributed by atoms with Crippen LogP contribution in [-0.2, 0) is 17.8 Å². The first-order valence-corrected chi connectivity index (χ1v) is 13.8. The molecule has 0 spiro atoms. The summed E-state index contributed by atoms with van der Waals surface area (Å²) in [5.74, 6) is 0.278. The number of carbonyl (C=O) groups excluding carboxylic acids is 1. The lowest BCUT2D eigenvalue weighted by Gasteiger charge is -2.39. The van der Waals surface area contributed by atoms with Gasteiger partial charge in [-0.25, -0.2) is 0 Å². The first-order chi connectivity index (χ1) is 18.3. The summed E-state index contributed by atoms with van der Waals surface area (Å²) in [5, 5.41) is 6.12. The first kappa shape index (κ1) is 26.8. The Morgan fingerprint density at radius 1 is 1.11 bits per heavy atom. The maximum absolute atomic E-state index is 14.5.